The van der Waals surface area contributed by atoms with Gasteiger partial charge in [0, 0.05) is 22.6 Å². The summed E-state index contributed by atoms with van der Waals surface area (Å²) in [4.78, 5) is 1.12. The number of rotatable bonds is 4. The Hall–Kier alpha value is -0.220. The predicted molar refractivity (Wildman–Crippen MR) is 61.9 cm³/mol. The van der Waals surface area contributed by atoms with Crippen LogP contribution in [0.4, 0.5) is 0 Å². The molecule has 0 saturated carbocycles. The van der Waals surface area contributed by atoms with Crippen LogP contribution in [0.15, 0.2) is 23.1 Å². The first-order valence-corrected chi connectivity index (χ1v) is 5.99. The molecule has 0 aliphatic heterocycles. The van der Waals surface area contributed by atoms with Crippen molar-refractivity contribution < 1.29 is 5.11 Å². The van der Waals surface area contributed by atoms with E-state index in [2.05, 4.69) is 0 Å². The van der Waals surface area contributed by atoms with E-state index in [1.165, 1.54) is 0 Å². The minimum Gasteiger partial charge on any atom is -0.396 e. The molecule has 0 heterocycles. The van der Waals surface area contributed by atoms with Crippen molar-refractivity contribution in [2.24, 2.45) is 5.73 Å². The summed E-state index contributed by atoms with van der Waals surface area (Å²) < 4.78 is 0. The molecule has 0 amide bonds. The molecule has 0 radical (unpaired) electrons. The van der Waals surface area contributed by atoms with Crippen molar-refractivity contribution in [3.63, 3.8) is 0 Å². The fraction of sp³-hybridized carbons (Fsp3) is 0.400. The fourth-order valence-electron chi connectivity index (χ4n) is 1.29. The minimum absolute atomic E-state index is 0.0987. The van der Waals surface area contributed by atoms with Crippen LogP contribution in [0.2, 0.25) is 5.02 Å². The van der Waals surface area contributed by atoms with Crippen LogP contribution in [0.25, 0.3) is 0 Å². The number of aliphatic hydroxyl groups is 1. The Morgan fingerprint density at radius 3 is 2.86 bits per heavy atom. The molecule has 1 aromatic rings. The molecule has 0 saturated heterocycles. The number of nitrogens with two attached hydrogens (primary N) is 1. The lowest BCUT2D eigenvalue weighted by molar-refractivity contribution is 0.276. The van der Waals surface area contributed by atoms with Gasteiger partial charge in [0.2, 0.25) is 0 Å². The van der Waals surface area contributed by atoms with Gasteiger partial charge in [-0.15, -0.1) is 11.8 Å². The van der Waals surface area contributed by atoms with Crippen molar-refractivity contribution in [1.29, 1.82) is 0 Å². The maximum Gasteiger partial charge on any atom is 0.0449 e. The molecule has 1 unspecified atom stereocenters. The molecule has 1 aromatic carbocycles. The van der Waals surface area contributed by atoms with Gasteiger partial charge in [0.05, 0.1) is 0 Å². The van der Waals surface area contributed by atoms with Crippen molar-refractivity contribution >= 4 is 23.4 Å². The highest BCUT2D eigenvalue weighted by Gasteiger charge is 2.10. The molecule has 14 heavy (non-hydrogen) atoms. The predicted octanol–water partition coefficient (Wildman–Crippen LogP) is 2.44. The number of hydrogen-bond donors (Lipinski definition) is 2. The lowest BCUT2D eigenvalue weighted by Gasteiger charge is -2.14. The second-order valence-corrected chi connectivity index (χ2v) is 4.29. The van der Waals surface area contributed by atoms with Gasteiger partial charge in [-0.2, -0.15) is 0 Å². The molecule has 1 rings (SSSR count). The SMILES string of the molecule is CSc1ccc(Cl)cc1C(N)CCO. The highest BCUT2D eigenvalue weighted by molar-refractivity contribution is 7.98. The standard InChI is InChI=1S/C10H14ClNOS/c1-14-10-3-2-7(11)6-8(10)9(12)4-5-13/h2-3,6,9,13H,4-5,12H2,1H3. The van der Waals surface area contributed by atoms with Gasteiger partial charge in [0.1, 0.15) is 0 Å². The summed E-state index contributed by atoms with van der Waals surface area (Å²) in [5.41, 5.74) is 6.93. The fourth-order valence-corrected chi connectivity index (χ4v) is 2.12. The molecule has 0 aliphatic rings. The van der Waals surface area contributed by atoms with Crippen molar-refractivity contribution in [2.45, 2.75) is 17.4 Å². The summed E-state index contributed by atoms with van der Waals surface area (Å²) in [5.74, 6) is 0. The van der Waals surface area contributed by atoms with Gasteiger partial charge >= 0.3 is 0 Å². The Balaban J connectivity index is 2.97. The molecular formula is C10H14ClNOS. The quantitative estimate of drug-likeness (QED) is 0.783. The number of thioether (sulfide) groups is 1. The van der Waals surface area contributed by atoms with Gasteiger partial charge in [-0.25, -0.2) is 0 Å². The van der Waals surface area contributed by atoms with Crippen LogP contribution in [0.5, 0.6) is 0 Å². The normalized spacial score (nSPS) is 12.9. The lowest BCUT2D eigenvalue weighted by Crippen LogP contribution is -2.12. The van der Waals surface area contributed by atoms with Crippen LogP contribution in [0.1, 0.15) is 18.0 Å². The summed E-state index contributed by atoms with van der Waals surface area (Å²) >= 11 is 7.53. The second kappa shape index (κ2) is 5.61. The molecule has 0 fully saturated rings. The van der Waals surface area contributed by atoms with E-state index >= 15 is 0 Å². The van der Waals surface area contributed by atoms with Gasteiger partial charge in [-0.05, 0) is 36.4 Å². The van der Waals surface area contributed by atoms with Gasteiger partial charge in [-0.1, -0.05) is 11.6 Å². The number of aliphatic hydroxyl groups excluding tert-OH is 1. The van der Waals surface area contributed by atoms with Crippen molar-refractivity contribution in [3.05, 3.63) is 28.8 Å². The minimum atomic E-state index is -0.138. The van der Waals surface area contributed by atoms with Crippen LogP contribution < -0.4 is 5.73 Å². The monoisotopic (exact) mass is 231 g/mol. The van der Waals surface area contributed by atoms with Gasteiger partial charge in [0.15, 0.2) is 0 Å². The first-order valence-electron chi connectivity index (χ1n) is 4.39. The number of hydrogen-bond acceptors (Lipinski definition) is 3. The molecule has 0 spiro atoms. The summed E-state index contributed by atoms with van der Waals surface area (Å²) in [6, 6.07) is 5.54. The molecule has 1 atom stereocenters. The van der Waals surface area contributed by atoms with Crippen molar-refractivity contribution in [3.8, 4) is 0 Å². The van der Waals surface area contributed by atoms with Gasteiger partial charge in [-0.3, -0.25) is 0 Å². The van der Waals surface area contributed by atoms with Crippen LogP contribution in [-0.2, 0) is 0 Å². The third-order valence-electron chi connectivity index (χ3n) is 2.03. The molecule has 2 nitrogen and oxygen atoms in total. The zero-order valence-corrected chi connectivity index (χ0v) is 9.61. The summed E-state index contributed by atoms with van der Waals surface area (Å²) in [6.45, 7) is 0.0987. The van der Waals surface area contributed by atoms with Crippen molar-refractivity contribution in [1.82, 2.24) is 0 Å². The Bertz CT molecular complexity index is 306. The highest BCUT2D eigenvalue weighted by atomic mass is 35.5. The van der Waals surface area contributed by atoms with Gasteiger partial charge < -0.3 is 10.8 Å². The highest BCUT2D eigenvalue weighted by Crippen LogP contribution is 2.28. The smallest absolute Gasteiger partial charge is 0.0449 e. The van der Waals surface area contributed by atoms with Crippen LogP contribution >= 0.6 is 23.4 Å². The molecule has 0 bridgehead atoms. The molecule has 0 aliphatic carbocycles. The van der Waals surface area contributed by atoms with E-state index < -0.39 is 0 Å². The third kappa shape index (κ3) is 2.89. The third-order valence-corrected chi connectivity index (χ3v) is 3.08. The van der Waals surface area contributed by atoms with E-state index in [4.69, 9.17) is 22.4 Å². The zero-order valence-electron chi connectivity index (χ0n) is 8.03. The average Bonchev–Trinajstić information content (AvgIpc) is 2.18. The second-order valence-electron chi connectivity index (χ2n) is 3.01. The Labute approximate surface area is 93.5 Å². The van der Waals surface area contributed by atoms with E-state index in [0.717, 1.165) is 10.5 Å². The Morgan fingerprint density at radius 2 is 2.29 bits per heavy atom. The molecular weight excluding hydrogens is 218 g/mol. The first kappa shape index (κ1) is 11.9. The van der Waals surface area contributed by atoms with Gasteiger partial charge in [0.25, 0.3) is 0 Å². The largest absolute Gasteiger partial charge is 0.396 e. The van der Waals surface area contributed by atoms with Crippen molar-refractivity contribution in [2.75, 3.05) is 12.9 Å². The van der Waals surface area contributed by atoms with Crippen LogP contribution in [0.3, 0.4) is 0 Å². The van der Waals surface area contributed by atoms with Crippen LogP contribution in [0, 0.1) is 0 Å². The summed E-state index contributed by atoms with van der Waals surface area (Å²) in [7, 11) is 0. The molecule has 78 valence electrons. The number of benzene rings is 1. The summed E-state index contributed by atoms with van der Waals surface area (Å²) in [5, 5.41) is 9.50. The maximum absolute atomic E-state index is 8.81. The van der Waals surface area contributed by atoms with E-state index in [1.807, 2.05) is 24.5 Å². The molecule has 4 heteroatoms. The topological polar surface area (TPSA) is 46.2 Å². The first-order chi connectivity index (χ1) is 6.69. The van der Waals surface area contributed by atoms with E-state index in [-0.39, 0.29) is 12.6 Å². The average molecular weight is 232 g/mol. The Kier molecular flexibility index (Phi) is 4.75. The lowest BCUT2D eigenvalue weighted by atomic mass is 10.1. The molecule has 0 aromatic heterocycles. The Morgan fingerprint density at radius 1 is 1.57 bits per heavy atom. The van der Waals surface area contributed by atoms with E-state index in [0.29, 0.717) is 11.4 Å². The van der Waals surface area contributed by atoms with E-state index in [1.54, 1.807) is 11.8 Å². The maximum atomic E-state index is 8.81. The molecule has 3 N–H and O–H groups in total. The number of halogens is 1. The zero-order chi connectivity index (χ0) is 10.6. The summed E-state index contributed by atoms with van der Waals surface area (Å²) in [6.07, 6.45) is 2.56. The van der Waals surface area contributed by atoms with E-state index in [9.17, 15) is 0 Å². The van der Waals surface area contributed by atoms with Crippen LogP contribution in [-0.4, -0.2) is 18.0 Å².